The number of carbonyl (C=O) groups excluding carboxylic acids is 2. The Morgan fingerprint density at radius 3 is 2.03 bits per heavy atom. The molecule has 2 aromatic carbocycles. The fourth-order valence-electron chi connectivity index (χ4n) is 2.71. The number of hydrogen-bond acceptors (Lipinski definition) is 8. The third kappa shape index (κ3) is 7.03. The number of alkyl carbamates (subject to hydrolysis) is 1. The summed E-state index contributed by atoms with van der Waals surface area (Å²) in [7, 11) is 4.35. The molecule has 0 bridgehead atoms. The number of hydrogen-bond donors (Lipinski definition) is 3. The van der Waals surface area contributed by atoms with Gasteiger partial charge in [-0.2, -0.15) is 0 Å². The molecule has 10 heteroatoms. The van der Waals surface area contributed by atoms with Gasteiger partial charge in [-0.15, -0.1) is 0 Å². The molecule has 2 rings (SSSR count). The molecule has 0 heterocycles. The average Bonchev–Trinajstić information content (AvgIpc) is 2.73. The molecule has 2 aromatic rings. The largest absolute Gasteiger partial charge is 0.493 e. The van der Waals surface area contributed by atoms with Crippen LogP contribution in [0.15, 0.2) is 35.3 Å². The zero-order valence-electron chi connectivity index (χ0n) is 19.9. The van der Waals surface area contributed by atoms with Crippen LogP contribution in [0.2, 0.25) is 0 Å². The highest BCUT2D eigenvalue weighted by molar-refractivity contribution is 6.10. The molecule has 0 atom stereocenters. The monoisotopic (exact) mass is 458 g/mol. The van der Waals surface area contributed by atoms with Crippen molar-refractivity contribution >= 4 is 29.3 Å². The molecule has 0 aliphatic carbocycles. The number of anilines is 1. The zero-order chi connectivity index (χ0) is 24.8. The molecule has 0 aromatic heterocycles. The maximum Gasteiger partial charge on any atom is 0.414 e. The Morgan fingerprint density at radius 2 is 1.55 bits per heavy atom. The maximum atomic E-state index is 13.0. The van der Waals surface area contributed by atoms with E-state index >= 15 is 0 Å². The van der Waals surface area contributed by atoms with Gasteiger partial charge in [-0.25, -0.2) is 9.79 Å². The Balaban J connectivity index is 2.41. The molecule has 0 saturated heterocycles. The highest BCUT2D eigenvalue weighted by atomic mass is 16.6. The second-order valence-electron chi connectivity index (χ2n) is 8.00. The molecule has 33 heavy (non-hydrogen) atoms. The minimum Gasteiger partial charge on any atom is -0.493 e. The Morgan fingerprint density at radius 1 is 0.939 bits per heavy atom. The first kappa shape index (κ1) is 25.3. The van der Waals surface area contributed by atoms with E-state index in [2.05, 4.69) is 15.6 Å². The predicted molar refractivity (Wildman–Crippen MR) is 126 cm³/mol. The minimum absolute atomic E-state index is 0.147. The number of nitrogens with one attached hydrogen (secondary N) is 2. The van der Waals surface area contributed by atoms with Gasteiger partial charge in [0.15, 0.2) is 11.5 Å². The summed E-state index contributed by atoms with van der Waals surface area (Å²) >= 11 is 0. The summed E-state index contributed by atoms with van der Waals surface area (Å²) in [4.78, 5) is 29.7. The van der Waals surface area contributed by atoms with Gasteiger partial charge in [0.05, 0.1) is 27.0 Å². The number of nitrogens with two attached hydrogens (primary N) is 1. The number of nitrogens with zero attached hydrogens (tertiary/aromatic N) is 1. The molecule has 0 radical (unpaired) electrons. The molecular weight excluding hydrogens is 428 g/mol. The van der Waals surface area contributed by atoms with E-state index in [1.165, 1.54) is 33.5 Å². The number of ether oxygens (including phenoxy) is 4. The van der Waals surface area contributed by atoms with E-state index in [0.29, 0.717) is 28.6 Å². The van der Waals surface area contributed by atoms with Crippen LogP contribution in [0.3, 0.4) is 0 Å². The molecule has 0 aliphatic rings. The molecule has 2 amide bonds. The van der Waals surface area contributed by atoms with Crippen LogP contribution < -0.4 is 30.6 Å². The summed E-state index contributed by atoms with van der Waals surface area (Å²) in [5.74, 6) is 0.210. The van der Waals surface area contributed by atoms with Gasteiger partial charge in [-0.05, 0) is 57.5 Å². The fourth-order valence-corrected chi connectivity index (χ4v) is 2.71. The fraction of sp³-hybridized carbons (Fsp3) is 0.348. The van der Waals surface area contributed by atoms with Crippen LogP contribution >= 0.6 is 0 Å². The third-order valence-electron chi connectivity index (χ3n) is 4.28. The second-order valence-corrected chi connectivity index (χ2v) is 8.00. The first-order valence-corrected chi connectivity index (χ1v) is 10.0. The lowest BCUT2D eigenvalue weighted by Crippen LogP contribution is -2.45. The van der Waals surface area contributed by atoms with Crippen LogP contribution in [-0.2, 0) is 4.74 Å². The molecule has 0 aliphatic heterocycles. The predicted octanol–water partition coefficient (Wildman–Crippen LogP) is 3.55. The summed E-state index contributed by atoms with van der Waals surface area (Å²) in [5, 5.41) is 5.04. The number of carbonyl (C=O) groups is 2. The van der Waals surface area contributed by atoms with Crippen LogP contribution in [-0.4, -0.2) is 44.9 Å². The highest BCUT2D eigenvalue weighted by Crippen LogP contribution is 2.38. The van der Waals surface area contributed by atoms with Gasteiger partial charge in [0.2, 0.25) is 11.7 Å². The number of aryl methyl sites for hydroxylation is 1. The summed E-state index contributed by atoms with van der Waals surface area (Å²) in [5.41, 5.74) is 7.21. The van der Waals surface area contributed by atoms with Gasteiger partial charge < -0.3 is 24.7 Å². The highest BCUT2D eigenvalue weighted by Gasteiger charge is 2.21. The lowest BCUT2D eigenvalue weighted by molar-refractivity contribution is 0.0561. The van der Waals surface area contributed by atoms with Crippen LogP contribution in [0, 0.1) is 6.92 Å². The van der Waals surface area contributed by atoms with Crippen LogP contribution in [0.25, 0.3) is 0 Å². The number of amides is 2. The number of rotatable bonds is 5. The van der Waals surface area contributed by atoms with Crippen molar-refractivity contribution in [3.05, 3.63) is 41.5 Å². The van der Waals surface area contributed by atoms with Crippen molar-refractivity contribution in [1.82, 2.24) is 10.6 Å². The molecular formula is C23H30N4O6. The molecule has 0 unspecified atom stereocenters. The molecule has 0 saturated carbocycles. The van der Waals surface area contributed by atoms with Gasteiger partial charge in [-0.3, -0.25) is 15.4 Å². The minimum atomic E-state index is -0.786. The van der Waals surface area contributed by atoms with Crippen molar-refractivity contribution in [1.29, 1.82) is 0 Å². The normalized spacial score (nSPS) is 11.4. The Kier molecular flexibility index (Phi) is 8.11. The van der Waals surface area contributed by atoms with Crippen molar-refractivity contribution in [2.75, 3.05) is 27.1 Å². The van der Waals surface area contributed by atoms with Crippen molar-refractivity contribution in [3.8, 4) is 17.2 Å². The van der Waals surface area contributed by atoms with E-state index in [1.54, 1.807) is 39.0 Å². The summed E-state index contributed by atoms with van der Waals surface area (Å²) in [6.45, 7) is 7.02. The molecule has 4 N–H and O–H groups in total. The van der Waals surface area contributed by atoms with E-state index in [9.17, 15) is 9.59 Å². The Bertz CT molecular complexity index is 1030. The van der Waals surface area contributed by atoms with Gasteiger partial charge in [0.1, 0.15) is 5.60 Å². The zero-order valence-corrected chi connectivity index (χ0v) is 19.9. The van der Waals surface area contributed by atoms with E-state index in [4.69, 9.17) is 24.7 Å². The summed E-state index contributed by atoms with van der Waals surface area (Å²) in [6.07, 6.45) is -0.786. The van der Waals surface area contributed by atoms with E-state index < -0.39 is 17.6 Å². The Hall–Kier alpha value is -3.95. The number of benzene rings is 2. The third-order valence-corrected chi connectivity index (χ3v) is 4.28. The van der Waals surface area contributed by atoms with Crippen molar-refractivity contribution < 1.29 is 28.5 Å². The number of guanidine groups is 1. The summed E-state index contributed by atoms with van der Waals surface area (Å²) < 4.78 is 21.1. The standard InChI is InChI=1S/C23H30N4O6/c1-13-8-9-15(12-16(13)24)25-21(27-22(29)33-23(2,3)4)26-20(28)14-10-17(30-5)19(32-7)18(11-14)31-6/h8-12H,24H2,1-7H3,(H2,25,26,27,28,29). The number of nitrogen functional groups attached to an aromatic ring is 1. The molecule has 0 fully saturated rings. The maximum absolute atomic E-state index is 13.0. The Labute approximate surface area is 193 Å². The second kappa shape index (κ2) is 10.6. The average molecular weight is 459 g/mol. The van der Waals surface area contributed by atoms with Gasteiger partial charge in [0, 0.05) is 11.3 Å². The SMILES string of the molecule is COc1cc(C(=O)NC(=Nc2ccc(C)c(N)c2)NC(=O)OC(C)(C)C)cc(OC)c1OC. The molecule has 0 spiro atoms. The van der Waals surface area contributed by atoms with E-state index in [1.807, 2.05) is 6.92 Å². The lowest BCUT2D eigenvalue weighted by Gasteiger charge is -2.20. The smallest absolute Gasteiger partial charge is 0.414 e. The van der Waals surface area contributed by atoms with Crippen LogP contribution in [0.1, 0.15) is 36.7 Å². The van der Waals surface area contributed by atoms with E-state index in [-0.39, 0.29) is 11.5 Å². The summed E-state index contributed by atoms with van der Waals surface area (Å²) in [6, 6.07) is 8.06. The number of aliphatic imine (C=N–C) groups is 1. The molecule has 178 valence electrons. The van der Waals surface area contributed by atoms with Crippen LogP contribution in [0.5, 0.6) is 17.2 Å². The molecule has 10 nitrogen and oxygen atoms in total. The first-order chi connectivity index (χ1) is 15.5. The van der Waals surface area contributed by atoms with Crippen molar-refractivity contribution in [2.24, 2.45) is 4.99 Å². The lowest BCUT2D eigenvalue weighted by atomic mass is 10.1. The quantitative estimate of drug-likeness (QED) is 0.354. The van der Waals surface area contributed by atoms with Crippen molar-refractivity contribution in [3.63, 3.8) is 0 Å². The number of methoxy groups -OCH3 is 3. The topological polar surface area (TPSA) is 134 Å². The van der Waals surface area contributed by atoms with E-state index in [0.717, 1.165) is 5.56 Å². The van der Waals surface area contributed by atoms with Gasteiger partial charge >= 0.3 is 6.09 Å². The first-order valence-electron chi connectivity index (χ1n) is 10.0. The van der Waals surface area contributed by atoms with Crippen LogP contribution in [0.4, 0.5) is 16.2 Å². The van der Waals surface area contributed by atoms with Gasteiger partial charge in [0.25, 0.3) is 5.91 Å². The van der Waals surface area contributed by atoms with Gasteiger partial charge in [-0.1, -0.05) is 6.07 Å². The van der Waals surface area contributed by atoms with Crippen molar-refractivity contribution in [2.45, 2.75) is 33.3 Å².